The Morgan fingerprint density at radius 2 is 2.32 bits per heavy atom. The molecule has 0 aliphatic carbocycles. The van der Waals surface area contributed by atoms with Crippen LogP contribution in [0.15, 0.2) is 12.1 Å². The van der Waals surface area contributed by atoms with Crippen molar-refractivity contribution in [3.8, 4) is 10.7 Å². The molecule has 5 nitrogen and oxygen atoms in total. The molecule has 1 unspecified atom stereocenters. The molecule has 1 atom stereocenters. The smallest absolute Gasteiger partial charge is 0.356 e. The fraction of sp³-hybridized carbons (Fsp3) is 0.385. The summed E-state index contributed by atoms with van der Waals surface area (Å²) in [6.07, 6.45) is 0.527. The lowest BCUT2D eigenvalue weighted by Crippen LogP contribution is -2.24. The lowest BCUT2D eigenvalue weighted by molar-refractivity contribution is 0.0687. The van der Waals surface area contributed by atoms with Crippen LogP contribution >= 0.6 is 11.3 Å². The first-order chi connectivity index (χ1) is 9.06. The molecule has 0 fully saturated rings. The van der Waals surface area contributed by atoms with E-state index < -0.39 is 12.1 Å². The van der Waals surface area contributed by atoms with Gasteiger partial charge in [0.1, 0.15) is 0 Å². The van der Waals surface area contributed by atoms with Crippen LogP contribution in [0.3, 0.4) is 0 Å². The first kappa shape index (κ1) is 12.4. The van der Waals surface area contributed by atoms with Gasteiger partial charge in [-0.15, -0.1) is 11.3 Å². The summed E-state index contributed by atoms with van der Waals surface area (Å²) in [6.45, 7) is 2.62. The number of aliphatic hydroxyl groups excluding tert-OH is 1. The summed E-state index contributed by atoms with van der Waals surface area (Å²) in [5, 5.41) is 19.0. The van der Waals surface area contributed by atoms with Crippen molar-refractivity contribution in [1.29, 1.82) is 0 Å². The van der Waals surface area contributed by atoms with Crippen molar-refractivity contribution in [3.63, 3.8) is 0 Å². The Labute approximate surface area is 114 Å². The summed E-state index contributed by atoms with van der Waals surface area (Å²) in [4.78, 5) is 17.7. The van der Waals surface area contributed by atoms with E-state index in [1.165, 1.54) is 4.88 Å². The molecule has 100 valence electrons. The lowest BCUT2D eigenvalue weighted by atomic mass is 10.1. The standard InChI is InChI=1S/C13H14N2O3S/c1-7-2-3-10(19-7)12-14-11(13(17)18)9-6-8(16)4-5-15(9)12/h2-3,8,16H,4-6H2,1H3,(H,17,18). The number of aromatic carboxylic acids is 1. The maximum Gasteiger partial charge on any atom is 0.356 e. The molecule has 2 aromatic rings. The largest absolute Gasteiger partial charge is 0.476 e. The van der Waals surface area contributed by atoms with Gasteiger partial charge in [0, 0.05) is 17.8 Å². The Hall–Kier alpha value is -1.66. The molecule has 6 heteroatoms. The highest BCUT2D eigenvalue weighted by Crippen LogP contribution is 2.31. The van der Waals surface area contributed by atoms with Gasteiger partial charge in [-0.25, -0.2) is 9.78 Å². The summed E-state index contributed by atoms with van der Waals surface area (Å²) in [7, 11) is 0. The molecule has 3 heterocycles. The molecular formula is C13H14N2O3S. The third-order valence-electron chi connectivity index (χ3n) is 3.35. The molecule has 2 aromatic heterocycles. The molecule has 0 spiro atoms. The number of carboxylic acid groups (broad SMARTS) is 1. The quantitative estimate of drug-likeness (QED) is 0.880. The molecule has 0 saturated heterocycles. The Balaban J connectivity index is 2.16. The van der Waals surface area contributed by atoms with Crippen LogP contribution in [-0.2, 0) is 13.0 Å². The van der Waals surface area contributed by atoms with Gasteiger partial charge in [-0.3, -0.25) is 0 Å². The van der Waals surface area contributed by atoms with Crippen LogP contribution in [0.2, 0.25) is 0 Å². The third-order valence-corrected chi connectivity index (χ3v) is 4.35. The number of carboxylic acids is 1. The average molecular weight is 278 g/mol. The second kappa shape index (κ2) is 4.47. The van der Waals surface area contributed by atoms with E-state index in [2.05, 4.69) is 4.98 Å². The Morgan fingerprint density at radius 1 is 1.53 bits per heavy atom. The van der Waals surface area contributed by atoms with Gasteiger partial charge >= 0.3 is 5.97 Å². The Morgan fingerprint density at radius 3 is 2.95 bits per heavy atom. The minimum atomic E-state index is -1.03. The fourth-order valence-corrected chi connectivity index (χ4v) is 3.32. The van der Waals surface area contributed by atoms with Crippen LogP contribution in [-0.4, -0.2) is 31.8 Å². The number of imidazole rings is 1. The van der Waals surface area contributed by atoms with Gasteiger partial charge < -0.3 is 14.8 Å². The summed E-state index contributed by atoms with van der Waals surface area (Å²) >= 11 is 1.60. The molecule has 1 aliphatic heterocycles. The third kappa shape index (κ3) is 2.06. The van der Waals surface area contributed by atoms with Crippen LogP contribution in [0.5, 0.6) is 0 Å². The highest BCUT2D eigenvalue weighted by atomic mass is 32.1. The van der Waals surface area contributed by atoms with E-state index in [4.69, 9.17) is 0 Å². The highest BCUT2D eigenvalue weighted by Gasteiger charge is 2.28. The lowest BCUT2D eigenvalue weighted by Gasteiger charge is -2.21. The van der Waals surface area contributed by atoms with Crippen LogP contribution in [0, 0.1) is 6.92 Å². The molecule has 0 bridgehead atoms. The van der Waals surface area contributed by atoms with Crippen molar-refractivity contribution in [2.75, 3.05) is 0 Å². The number of aliphatic hydroxyl groups is 1. The van der Waals surface area contributed by atoms with Gasteiger partial charge in [0.15, 0.2) is 11.5 Å². The minimum absolute atomic E-state index is 0.0693. The van der Waals surface area contributed by atoms with Crippen molar-refractivity contribution < 1.29 is 15.0 Å². The molecule has 0 radical (unpaired) electrons. The van der Waals surface area contributed by atoms with Crippen molar-refractivity contribution in [1.82, 2.24) is 9.55 Å². The van der Waals surface area contributed by atoms with E-state index in [1.807, 2.05) is 23.6 Å². The van der Waals surface area contributed by atoms with Gasteiger partial charge in [0.25, 0.3) is 0 Å². The summed E-state index contributed by atoms with van der Waals surface area (Å²) < 4.78 is 1.93. The minimum Gasteiger partial charge on any atom is -0.476 e. The number of fused-ring (bicyclic) bond motifs is 1. The molecule has 3 rings (SSSR count). The van der Waals surface area contributed by atoms with Gasteiger partial charge in [-0.05, 0) is 25.5 Å². The van der Waals surface area contributed by atoms with Crippen molar-refractivity contribution in [3.05, 3.63) is 28.4 Å². The van der Waals surface area contributed by atoms with Gasteiger partial charge in [-0.2, -0.15) is 0 Å². The van der Waals surface area contributed by atoms with E-state index in [1.54, 1.807) is 11.3 Å². The molecule has 0 aromatic carbocycles. The number of aryl methyl sites for hydroxylation is 1. The number of carbonyl (C=O) groups is 1. The molecular weight excluding hydrogens is 264 g/mol. The van der Waals surface area contributed by atoms with Crippen LogP contribution in [0.25, 0.3) is 10.7 Å². The zero-order valence-electron chi connectivity index (χ0n) is 10.5. The maximum absolute atomic E-state index is 11.3. The number of rotatable bonds is 2. The van der Waals surface area contributed by atoms with E-state index in [0.717, 1.165) is 4.88 Å². The normalized spacial score (nSPS) is 18.3. The number of hydrogen-bond acceptors (Lipinski definition) is 4. The first-order valence-electron chi connectivity index (χ1n) is 6.14. The predicted molar refractivity (Wildman–Crippen MR) is 71.6 cm³/mol. The van der Waals surface area contributed by atoms with Crippen molar-refractivity contribution in [2.24, 2.45) is 0 Å². The predicted octanol–water partition coefficient (Wildman–Crippen LogP) is 1.93. The van der Waals surface area contributed by atoms with Crippen molar-refractivity contribution in [2.45, 2.75) is 32.4 Å². The molecule has 2 N–H and O–H groups in total. The molecule has 0 amide bonds. The number of hydrogen-bond donors (Lipinski definition) is 2. The number of nitrogens with zero attached hydrogens (tertiary/aromatic N) is 2. The fourth-order valence-electron chi connectivity index (χ4n) is 2.45. The maximum atomic E-state index is 11.3. The van der Waals surface area contributed by atoms with Crippen LogP contribution < -0.4 is 0 Å². The zero-order valence-corrected chi connectivity index (χ0v) is 11.3. The Bertz CT molecular complexity index is 644. The van der Waals surface area contributed by atoms with Crippen molar-refractivity contribution >= 4 is 17.3 Å². The summed E-state index contributed by atoms with van der Waals surface area (Å²) in [5.41, 5.74) is 0.701. The summed E-state index contributed by atoms with van der Waals surface area (Å²) in [5.74, 6) is -0.324. The second-order valence-corrected chi connectivity index (χ2v) is 6.03. The number of aromatic nitrogens is 2. The van der Waals surface area contributed by atoms with E-state index in [-0.39, 0.29) is 5.69 Å². The first-order valence-corrected chi connectivity index (χ1v) is 6.95. The van der Waals surface area contributed by atoms with Crippen LogP contribution in [0.1, 0.15) is 27.5 Å². The van der Waals surface area contributed by atoms with E-state index in [0.29, 0.717) is 30.9 Å². The SMILES string of the molecule is Cc1ccc(-c2nc(C(=O)O)c3n2CCC(O)C3)s1. The average Bonchev–Trinajstić information content (AvgIpc) is 2.92. The topological polar surface area (TPSA) is 75.3 Å². The highest BCUT2D eigenvalue weighted by molar-refractivity contribution is 7.15. The Kier molecular flexibility index (Phi) is 2.91. The monoisotopic (exact) mass is 278 g/mol. The molecule has 19 heavy (non-hydrogen) atoms. The van der Waals surface area contributed by atoms with Crippen LogP contribution in [0.4, 0.5) is 0 Å². The van der Waals surface area contributed by atoms with Gasteiger partial charge in [0.2, 0.25) is 0 Å². The second-order valence-electron chi connectivity index (χ2n) is 4.74. The number of thiophene rings is 1. The van der Waals surface area contributed by atoms with E-state index >= 15 is 0 Å². The van der Waals surface area contributed by atoms with Gasteiger partial charge in [0.05, 0.1) is 16.7 Å². The molecule has 0 saturated carbocycles. The van der Waals surface area contributed by atoms with Gasteiger partial charge in [-0.1, -0.05) is 0 Å². The molecule has 1 aliphatic rings. The van der Waals surface area contributed by atoms with E-state index in [9.17, 15) is 15.0 Å². The zero-order chi connectivity index (χ0) is 13.6. The summed E-state index contributed by atoms with van der Waals surface area (Å²) in [6, 6.07) is 3.96.